The fourth-order valence-electron chi connectivity index (χ4n) is 2.00. The highest BCUT2D eigenvalue weighted by molar-refractivity contribution is 5.93. The Morgan fingerprint density at radius 1 is 1.18 bits per heavy atom. The number of phenols is 1. The van der Waals surface area contributed by atoms with Crippen LogP contribution in [0.2, 0.25) is 0 Å². The first-order chi connectivity index (χ1) is 10.5. The lowest BCUT2D eigenvalue weighted by Crippen LogP contribution is -1.97. The van der Waals surface area contributed by atoms with Crippen molar-refractivity contribution in [3.05, 3.63) is 58.7 Å². The molecule has 1 aromatic heterocycles. The third kappa shape index (κ3) is 2.49. The summed E-state index contributed by atoms with van der Waals surface area (Å²) >= 11 is 0. The van der Waals surface area contributed by atoms with E-state index in [1.54, 1.807) is 0 Å². The minimum absolute atomic E-state index is 0.319. The molecule has 0 unspecified atom stereocenters. The van der Waals surface area contributed by atoms with Crippen LogP contribution in [0.4, 0.5) is 21.6 Å². The van der Waals surface area contributed by atoms with Crippen molar-refractivity contribution in [2.45, 2.75) is 0 Å². The van der Waals surface area contributed by atoms with Gasteiger partial charge in [-0.05, 0) is 24.3 Å². The lowest BCUT2D eigenvalue weighted by molar-refractivity contribution is -0.385. The van der Waals surface area contributed by atoms with Crippen LogP contribution in [0.15, 0.2) is 42.7 Å². The Morgan fingerprint density at radius 3 is 2.59 bits per heavy atom. The van der Waals surface area contributed by atoms with Crippen LogP contribution in [-0.2, 0) is 0 Å². The molecule has 0 aliphatic heterocycles. The monoisotopic (exact) mass is 300 g/mol. The van der Waals surface area contributed by atoms with Crippen molar-refractivity contribution in [1.82, 2.24) is 9.97 Å². The molecule has 1 heterocycles. The molecule has 0 bridgehead atoms. The fourth-order valence-corrected chi connectivity index (χ4v) is 2.00. The highest BCUT2D eigenvalue weighted by Crippen LogP contribution is 2.33. The maximum atomic E-state index is 12.9. The van der Waals surface area contributed by atoms with E-state index in [9.17, 15) is 19.6 Å². The summed E-state index contributed by atoms with van der Waals surface area (Å²) < 4.78 is 12.9. The third-order valence-corrected chi connectivity index (χ3v) is 3.04. The van der Waals surface area contributed by atoms with Gasteiger partial charge in [-0.1, -0.05) is 0 Å². The second-order valence-electron chi connectivity index (χ2n) is 4.47. The summed E-state index contributed by atoms with van der Waals surface area (Å²) in [4.78, 5) is 18.2. The van der Waals surface area contributed by atoms with Gasteiger partial charge in [0, 0.05) is 17.8 Å². The number of hydrogen-bond acceptors (Lipinski definition) is 6. The van der Waals surface area contributed by atoms with Gasteiger partial charge in [-0.2, -0.15) is 0 Å². The average Bonchev–Trinajstić information content (AvgIpc) is 2.49. The molecular formula is C14H9FN4O3. The number of benzene rings is 2. The Labute approximate surface area is 123 Å². The number of nitrogens with zero attached hydrogens (tertiary/aromatic N) is 3. The van der Waals surface area contributed by atoms with E-state index in [-0.39, 0.29) is 5.82 Å². The van der Waals surface area contributed by atoms with E-state index < -0.39 is 16.4 Å². The van der Waals surface area contributed by atoms with Crippen LogP contribution in [-0.4, -0.2) is 20.0 Å². The molecule has 22 heavy (non-hydrogen) atoms. The van der Waals surface area contributed by atoms with Gasteiger partial charge in [0.15, 0.2) is 5.75 Å². The van der Waals surface area contributed by atoms with Gasteiger partial charge in [-0.25, -0.2) is 14.4 Å². The molecule has 3 rings (SSSR count). The normalized spacial score (nSPS) is 10.6. The van der Waals surface area contributed by atoms with E-state index in [1.807, 2.05) is 0 Å². The van der Waals surface area contributed by atoms with Crippen molar-refractivity contribution in [3.8, 4) is 5.75 Å². The van der Waals surface area contributed by atoms with Gasteiger partial charge in [0.2, 0.25) is 0 Å². The molecule has 8 heteroatoms. The van der Waals surface area contributed by atoms with Crippen LogP contribution in [0.3, 0.4) is 0 Å². The molecule has 0 spiro atoms. The zero-order chi connectivity index (χ0) is 15.7. The Kier molecular flexibility index (Phi) is 3.26. The summed E-state index contributed by atoms with van der Waals surface area (Å²) in [5, 5.41) is 23.9. The number of nitro groups is 1. The largest absolute Gasteiger partial charge is 0.502 e. The summed E-state index contributed by atoms with van der Waals surface area (Å²) in [6.45, 7) is 0. The number of nitro benzene ring substituents is 1. The molecule has 7 nitrogen and oxygen atoms in total. The zero-order valence-electron chi connectivity index (χ0n) is 11.0. The van der Waals surface area contributed by atoms with E-state index in [2.05, 4.69) is 15.3 Å². The standard InChI is InChI=1S/C14H9FN4O3/c15-8-1-3-9(4-2-8)18-14-10-5-12(19(21)22)13(20)6-11(10)16-7-17-14/h1-7,20H,(H,16,17,18). The first-order valence-corrected chi connectivity index (χ1v) is 6.19. The highest BCUT2D eigenvalue weighted by Gasteiger charge is 2.17. The van der Waals surface area contributed by atoms with Crippen molar-refractivity contribution in [2.75, 3.05) is 5.32 Å². The number of anilines is 2. The summed E-state index contributed by atoms with van der Waals surface area (Å²) in [5.41, 5.74) is 0.476. The lowest BCUT2D eigenvalue weighted by atomic mass is 10.2. The molecule has 0 amide bonds. The van der Waals surface area contributed by atoms with Gasteiger partial charge in [0.1, 0.15) is 18.0 Å². The van der Waals surface area contributed by atoms with Gasteiger partial charge in [-0.15, -0.1) is 0 Å². The number of phenolic OH excluding ortho intramolecular Hbond substituents is 1. The SMILES string of the molecule is O=[N+]([O-])c1cc2c(Nc3ccc(F)cc3)ncnc2cc1O. The molecule has 0 atom stereocenters. The number of rotatable bonds is 3. The topological polar surface area (TPSA) is 101 Å². The van der Waals surface area contributed by atoms with E-state index in [0.29, 0.717) is 22.4 Å². The van der Waals surface area contributed by atoms with E-state index in [0.717, 1.165) is 0 Å². The van der Waals surface area contributed by atoms with E-state index in [1.165, 1.54) is 42.7 Å². The van der Waals surface area contributed by atoms with Crippen LogP contribution in [0.25, 0.3) is 10.9 Å². The number of hydrogen-bond donors (Lipinski definition) is 2. The minimum atomic E-state index is -0.691. The lowest BCUT2D eigenvalue weighted by Gasteiger charge is -2.08. The van der Waals surface area contributed by atoms with E-state index in [4.69, 9.17) is 0 Å². The first kappa shape index (κ1) is 13.7. The van der Waals surface area contributed by atoms with Crippen LogP contribution in [0.1, 0.15) is 0 Å². The van der Waals surface area contributed by atoms with Crippen LogP contribution < -0.4 is 5.32 Å². The van der Waals surface area contributed by atoms with Crippen molar-refractivity contribution in [3.63, 3.8) is 0 Å². The van der Waals surface area contributed by atoms with Gasteiger partial charge < -0.3 is 10.4 Å². The number of aromatic nitrogens is 2. The van der Waals surface area contributed by atoms with Gasteiger partial charge >= 0.3 is 5.69 Å². The molecule has 3 aromatic rings. The molecule has 2 N–H and O–H groups in total. The van der Waals surface area contributed by atoms with Crippen molar-refractivity contribution >= 4 is 28.1 Å². The van der Waals surface area contributed by atoms with Gasteiger partial charge in [0.25, 0.3) is 0 Å². The molecule has 0 radical (unpaired) electrons. The predicted octanol–water partition coefficient (Wildman–Crippen LogP) is 3.13. The summed E-state index contributed by atoms with van der Waals surface area (Å²) in [6.07, 6.45) is 1.26. The van der Waals surface area contributed by atoms with Crippen LogP contribution in [0.5, 0.6) is 5.75 Å². The molecule has 110 valence electrons. The van der Waals surface area contributed by atoms with Crippen LogP contribution >= 0.6 is 0 Å². The molecule has 0 fully saturated rings. The maximum Gasteiger partial charge on any atom is 0.311 e. The van der Waals surface area contributed by atoms with Crippen molar-refractivity contribution in [2.24, 2.45) is 0 Å². The third-order valence-electron chi connectivity index (χ3n) is 3.04. The van der Waals surface area contributed by atoms with Crippen LogP contribution in [0, 0.1) is 15.9 Å². The smallest absolute Gasteiger partial charge is 0.311 e. The predicted molar refractivity (Wildman–Crippen MR) is 77.5 cm³/mol. The Morgan fingerprint density at radius 2 is 1.91 bits per heavy atom. The van der Waals surface area contributed by atoms with Crippen molar-refractivity contribution in [1.29, 1.82) is 0 Å². The summed E-state index contributed by atoms with van der Waals surface area (Å²) in [7, 11) is 0. The van der Waals surface area contributed by atoms with Gasteiger partial charge in [0.05, 0.1) is 15.8 Å². The highest BCUT2D eigenvalue weighted by atomic mass is 19.1. The quantitative estimate of drug-likeness (QED) is 0.569. The van der Waals surface area contributed by atoms with E-state index >= 15 is 0 Å². The average molecular weight is 300 g/mol. The second kappa shape index (κ2) is 5.24. The van der Waals surface area contributed by atoms with Gasteiger partial charge in [-0.3, -0.25) is 10.1 Å². The first-order valence-electron chi connectivity index (χ1n) is 6.19. The Bertz CT molecular complexity index is 868. The number of aromatic hydroxyl groups is 1. The molecule has 0 saturated heterocycles. The van der Waals surface area contributed by atoms with Crippen molar-refractivity contribution < 1.29 is 14.4 Å². The maximum absolute atomic E-state index is 12.9. The molecule has 0 aliphatic rings. The molecule has 2 aromatic carbocycles. The number of halogens is 1. The summed E-state index contributed by atoms with van der Waals surface area (Å²) in [5.74, 6) is -0.526. The second-order valence-corrected chi connectivity index (χ2v) is 4.47. The Balaban J connectivity index is 2.11. The molecule has 0 saturated carbocycles. The summed E-state index contributed by atoms with van der Waals surface area (Å²) in [6, 6.07) is 7.97. The number of fused-ring (bicyclic) bond motifs is 1. The fraction of sp³-hybridized carbons (Fsp3) is 0. The molecular weight excluding hydrogens is 291 g/mol. The minimum Gasteiger partial charge on any atom is -0.502 e. The Hall–Kier alpha value is -3.29. The molecule has 0 aliphatic carbocycles. The number of nitrogens with one attached hydrogen (secondary N) is 1. The zero-order valence-corrected chi connectivity index (χ0v) is 11.0.